The van der Waals surface area contributed by atoms with Gasteiger partial charge in [0.15, 0.2) is 0 Å². The maximum atomic E-state index is 12.1. The van der Waals surface area contributed by atoms with Crippen LogP contribution in [0.1, 0.15) is 33.6 Å². The Kier molecular flexibility index (Phi) is 3.01. The third kappa shape index (κ3) is 2.03. The van der Waals surface area contributed by atoms with E-state index in [1.807, 2.05) is 0 Å². The Morgan fingerprint density at radius 1 is 1.47 bits per heavy atom. The summed E-state index contributed by atoms with van der Waals surface area (Å²) >= 11 is 0. The van der Waals surface area contributed by atoms with Crippen LogP contribution < -0.4 is 5.32 Å². The first-order chi connectivity index (χ1) is 7.09. The van der Waals surface area contributed by atoms with Gasteiger partial charge in [0.05, 0.1) is 0 Å². The number of carbonyl (C=O) groups excluding carboxylic acids is 1. The number of likely N-dealkylation sites (tertiary alicyclic amines) is 1. The van der Waals surface area contributed by atoms with Gasteiger partial charge < -0.3 is 10.2 Å². The van der Waals surface area contributed by atoms with E-state index in [1.54, 1.807) is 0 Å². The van der Waals surface area contributed by atoms with E-state index >= 15 is 0 Å². The van der Waals surface area contributed by atoms with Crippen molar-refractivity contribution in [1.82, 2.24) is 10.2 Å². The summed E-state index contributed by atoms with van der Waals surface area (Å²) in [6, 6.07) is 0.930. The maximum Gasteiger partial charge on any atom is 0.223 e. The van der Waals surface area contributed by atoms with Crippen LogP contribution in [0.4, 0.5) is 0 Å². The number of nitrogens with zero attached hydrogens (tertiary/aromatic N) is 1. The molecule has 0 spiro atoms. The Morgan fingerprint density at radius 3 is 2.87 bits per heavy atom. The average molecular weight is 210 g/mol. The highest BCUT2D eigenvalue weighted by atomic mass is 16.2. The molecule has 0 aromatic heterocycles. The normalized spacial score (nSPS) is 34.9. The van der Waals surface area contributed by atoms with Gasteiger partial charge in [-0.15, -0.1) is 0 Å². The molecule has 3 nitrogen and oxygen atoms in total. The molecule has 1 N–H and O–H groups in total. The zero-order valence-electron chi connectivity index (χ0n) is 9.99. The highest BCUT2D eigenvalue weighted by Crippen LogP contribution is 2.32. The fourth-order valence-electron chi connectivity index (χ4n) is 3.05. The fourth-order valence-corrected chi connectivity index (χ4v) is 3.05. The highest BCUT2D eigenvalue weighted by molar-refractivity contribution is 5.77. The van der Waals surface area contributed by atoms with Crippen LogP contribution in [0.25, 0.3) is 0 Å². The quantitative estimate of drug-likeness (QED) is 0.744. The molecule has 0 aromatic rings. The van der Waals surface area contributed by atoms with Crippen LogP contribution in [0.3, 0.4) is 0 Å². The molecule has 1 amide bonds. The predicted octanol–water partition coefficient (Wildman–Crippen LogP) is 1.24. The summed E-state index contributed by atoms with van der Waals surface area (Å²) in [5.41, 5.74) is 0. The summed E-state index contributed by atoms with van der Waals surface area (Å²) in [6.45, 7) is 8.52. The molecule has 0 radical (unpaired) electrons. The molecule has 0 bridgehead atoms. The van der Waals surface area contributed by atoms with Gasteiger partial charge in [-0.25, -0.2) is 0 Å². The first kappa shape index (κ1) is 10.9. The van der Waals surface area contributed by atoms with Gasteiger partial charge >= 0.3 is 0 Å². The minimum absolute atomic E-state index is 0.355. The summed E-state index contributed by atoms with van der Waals surface area (Å²) in [5.74, 6) is 1.53. The summed E-state index contributed by atoms with van der Waals surface area (Å²) in [5, 5.41) is 3.39. The summed E-state index contributed by atoms with van der Waals surface area (Å²) < 4.78 is 0. The molecule has 0 aromatic carbocycles. The standard InChI is InChI=1S/C12H22N2O/c1-8(2)4-12(15)14-9(3)5-10-6-13-7-11(10)14/h8-11,13H,4-7H2,1-3H3. The van der Waals surface area contributed by atoms with Gasteiger partial charge in [-0.3, -0.25) is 4.79 Å². The van der Waals surface area contributed by atoms with Crippen molar-refractivity contribution in [1.29, 1.82) is 0 Å². The van der Waals surface area contributed by atoms with E-state index in [-0.39, 0.29) is 0 Å². The first-order valence-electron chi connectivity index (χ1n) is 6.11. The molecular weight excluding hydrogens is 188 g/mol. The van der Waals surface area contributed by atoms with Crippen LogP contribution in [0.5, 0.6) is 0 Å². The topological polar surface area (TPSA) is 32.3 Å². The molecule has 2 aliphatic rings. The number of carbonyl (C=O) groups is 1. The fraction of sp³-hybridized carbons (Fsp3) is 0.917. The number of amides is 1. The average Bonchev–Trinajstić information content (AvgIpc) is 2.60. The molecule has 15 heavy (non-hydrogen) atoms. The molecule has 2 rings (SSSR count). The summed E-state index contributed by atoms with van der Waals surface area (Å²) in [6.07, 6.45) is 1.88. The lowest BCUT2D eigenvalue weighted by Crippen LogP contribution is -2.43. The zero-order chi connectivity index (χ0) is 11.0. The molecule has 2 saturated heterocycles. The number of fused-ring (bicyclic) bond motifs is 1. The van der Waals surface area contributed by atoms with Crippen molar-refractivity contribution in [3.05, 3.63) is 0 Å². The van der Waals surface area contributed by atoms with Crippen molar-refractivity contribution in [2.24, 2.45) is 11.8 Å². The summed E-state index contributed by atoms with van der Waals surface area (Å²) in [4.78, 5) is 14.3. The lowest BCUT2D eigenvalue weighted by Gasteiger charge is -2.28. The second-order valence-electron chi connectivity index (χ2n) is 5.47. The van der Waals surface area contributed by atoms with E-state index < -0.39 is 0 Å². The van der Waals surface area contributed by atoms with Gasteiger partial charge in [0.25, 0.3) is 0 Å². The number of hydrogen-bond donors (Lipinski definition) is 1. The Hall–Kier alpha value is -0.570. The van der Waals surface area contributed by atoms with Gasteiger partial charge in [0.2, 0.25) is 5.91 Å². The van der Waals surface area contributed by atoms with Crippen molar-refractivity contribution in [2.45, 2.75) is 45.7 Å². The molecule has 86 valence electrons. The number of rotatable bonds is 2. The van der Waals surface area contributed by atoms with E-state index in [1.165, 1.54) is 6.42 Å². The molecule has 2 heterocycles. The van der Waals surface area contributed by atoms with Crippen LogP contribution in [-0.2, 0) is 4.79 Å². The molecule has 0 aliphatic carbocycles. The monoisotopic (exact) mass is 210 g/mol. The van der Waals surface area contributed by atoms with Gasteiger partial charge in [-0.1, -0.05) is 13.8 Å². The minimum Gasteiger partial charge on any atom is -0.335 e. The van der Waals surface area contributed by atoms with Crippen molar-refractivity contribution < 1.29 is 4.79 Å². The van der Waals surface area contributed by atoms with Crippen molar-refractivity contribution in [3.8, 4) is 0 Å². The van der Waals surface area contributed by atoms with E-state index in [0.29, 0.717) is 36.2 Å². The van der Waals surface area contributed by atoms with Crippen LogP contribution in [0, 0.1) is 11.8 Å². The predicted molar refractivity (Wildman–Crippen MR) is 60.5 cm³/mol. The molecule has 2 fully saturated rings. The lowest BCUT2D eigenvalue weighted by atomic mass is 10.0. The van der Waals surface area contributed by atoms with Gasteiger partial charge in [0.1, 0.15) is 0 Å². The van der Waals surface area contributed by atoms with Crippen molar-refractivity contribution in [2.75, 3.05) is 13.1 Å². The SMILES string of the molecule is CC(C)CC(=O)N1C(C)CC2CNCC21. The van der Waals surface area contributed by atoms with Gasteiger partial charge in [0, 0.05) is 31.6 Å². The Labute approximate surface area is 92.2 Å². The lowest BCUT2D eigenvalue weighted by molar-refractivity contribution is -0.134. The van der Waals surface area contributed by atoms with E-state index in [9.17, 15) is 4.79 Å². The van der Waals surface area contributed by atoms with Crippen LogP contribution in [0.2, 0.25) is 0 Å². The van der Waals surface area contributed by atoms with Crippen LogP contribution in [0.15, 0.2) is 0 Å². The van der Waals surface area contributed by atoms with Crippen molar-refractivity contribution in [3.63, 3.8) is 0 Å². The van der Waals surface area contributed by atoms with Crippen LogP contribution >= 0.6 is 0 Å². The second-order valence-corrected chi connectivity index (χ2v) is 5.47. The van der Waals surface area contributed by atoms with Crippen molar-refractivity contribution >= 4 is 5.91 Å². The molecular formula is C12H22N2O. The minimum atomic E-state index is 0.355. The third-order valence-electron chi connectivity index (χ3n) is 3.65. The summed E-state index contributed by atoms with van der Waals surface area (Å²) in [7, 11) is 0. The molecule has 3 unspecified atom stereocenters. The molecule has 3 heteroatoms. The van der Waals surface area contributed by atoms with E-state index in [0.717, 1.165) is 13.1 Å². The molecule has 2 aliphatic heterocycles. The number of nitrogens with one attached hydrogen (secondary N) is 1. The molecule has 0 saturated carbocycles. The zero-order valence-corrected chi connectivity index (χ0v) is 9.99. The third-order valence-corrected chi connectivity index (χ3v) is 3.65. The van der Waals surface area contributed by atoms with E-state index in [2.05, 4.69) is 31.0 Å². The number of hydrogen-bond acceptors (Lipinski definition) is 2. The Morgan fingerprint density at radius 2 is 2.20 bits per heavy atom. The Bertz CT molecular complexity index is 252. The van der Waals surface area contributed by atoms with Crippen LogP contribution in [-0.4, -0.2) is 36.0 Å². The second kappa shape index (κ2) is 4.12. The first-order valence-corrected chi connectivity index (χ1v) is 6.11. The highest BCUT2D eigenvalue weighted by Gasteiger charge is 2.43. The van der Waals surface area contributed by atoms with Gasteiger partial charge in [-0.2, -0.15) is 0 Å². The van der Waals surface area contributed by atoms with Gasteiger partial charge in [-0.05, 0) is 25.2 Å². The maximum absolute atomic E-state index is 12.1. The molecule has 3 atom stereocenters. The largest absolute Gasteiger partial charge is 0.335 e. The smallest absolute Gasteiger partial charge is 0.223 e. The Balaban J connectivity index is 2.03. The van der Waals surface area contributed by atoms with E-state index in [4.69, 9.17) is 0 Å².